The van der Waals surface area contributed by atoms with Crippen molar-refractivity contribution in [2.45, 2.75) is 6.36 Å². The minimum atomic E-state index is -4.83. The number of hydrogen-bond donors (Lipinski definition) is 0. The maximum atomic E-state index is 11.9. The molecule has 0 aliphatic carbocycles. The van der Waals surface area contributed by atoms with Gasteiger partial charge in [-0.1, -0.05) is 6.07 Å². The molecule has 0 unspecified atom stereocenters. The van der Waals surface area contributed by atoms with Crippen LogP contribution in [0.15, 0.2) is 18.2 Å². The van der Waals surface area contributed by atoms with E-state index >= 15 is 0 Å². The lowest BCUT2D eigenvalue weighted by Gasteiger charge is -2.12. The molecule has 15 heavy (non-hydrogen) atoms. The number of rotatable bonds is 3. The third kappa shape index (κ3) is 2.87. The fourth-order valence-corrected chi connectivity index (χ4v) is 1.03. The Labute approximate surface area is 83.4 Å². The summed E-state index contributed by atoms with van der Waals surface area (Å²) in [6.07, 6.45) is -4.58. The summed E-state index contributed by atoms with van der Waals surface area (Å²) >= 11 is 0. The molecule has 0 spiro atoms. The minimum Gasteiger partial charge on any atom is -0.496 e. The molecule has 0 N–H and O–H groups in total. The second-order valence-electron chi connectivity index (χ2n) is 2.54. The number of halogens is 3. The summed E-state index contributed by atoms with van der Waals surface area (Å²) in [4.78, 5) is 10.6. The topological polar surface area (TPSA) is 35.5 Å². The summed E-state index contributed by atoms with van der Waals surface area (Å²) in [7, 11) is 1.25. The number of alkyl halides is 3. The zero-order chi connectivity index (χ0) is 11.5. The predicted octanol–water partition coefficient (Wildman–Crippen LogP) is 2.41. The third-order valence-corrected chi connectivity index (χ3v) is 1.59. The van der Waals surface area contributed by atoms with E-state index in [-0.39, 0.29) is 17.6 Å². The number of hydrogen-bond acceptors (Lipinski definition) is 3. The number of aldehydes is 1. The van der Waals surface area contributed by atoms with E-state index in [2.05, 4.69) is 4.74 Å². The zero-order valence-electron chi connectivity index (χ0n) is 7.67. The van der Waals surface area contributed by atoms with Crippen LogP contribution < -0.4 is 9.47 Å². The standard InChI is InChI=1S/C9H7F3O3/c1-14-7-3-2-4-8(6(7)5-13)15-9(10,11)12/h2-5H,1H3. The molecule has 6 heteroatoms. The number of benzene rings is 1. The van der Waals surface area contributed by atoms with Gasteiger partial charge in [0.25, 0.3) is 0 Å². The first-order valence-corrected chi connectivity index (χ1v) is 3.86. The predicted molar refractivity (Wildman–Crippen MR) is 45.1 cm³/mol. The fraction of sp³-hybridized carbons (Fsp3) is 0.222. The van der Waals surface area contributed by atoms with Crippen molar-refractivity contribution in [1.82, 2.24) is 0 Å². The van der Waals surface area contributed by atoms with Gasteiger partial charge < -0.3 is 9.47 Å². The molecule has 82 valence electrons. The number of methoxy groups -OCH3 is 1. The van der Waals surface area contributed by atoms with Crippen molar-refractivity contribution in [1.29, 1.82) is 0 Å². The van der Waals surface area contributed by atoms with Crippen LogP contribution in [0, 0.1) is 0 Å². The first-order valence-electron chi connectivity index (χ1n) is 3.86. The molecule has 0 aliphatic rings. The van der Waals surface area contributed by atoms with Gasteiger partial charge in [-0.05, 0) is 12.1 Å². The summed E-state index contributed by atoms with van der Waals surface area (Å²) < 4.78 is 44.1. The highest BCUT2D eigenvalue weighted by atomic mass is 19.4. The molecule has 0 atom stereocenters. The summed E-state index contributed by atoms with van der Waals surface area (Å²) in [5, 5.41) is 0. The van der Waals surface area contributed by atoms with Crippen LogP contribution in [0.25, 0.3) is 0 Å². The first kappa shape index (κ1) is 11.4. The normalized spacial score (nSPS) is 10.9. The molecular weight excluding hydrogens is 213 g/mol. The van der Waals surface area contributed by atoms with Gasteiger partial charge in [0.05, 0.1) is 12.7 Å². The highest BCUT2D eigenvalue weighted by molar-refractivity contribution is 5.83. The van der Waals surface area contributed by atoms with E-state index in [1.165, 1.54) is 19.2 Å². The van der Waals surface area contributed by atoms with Crippen LogP contribution >= 0.6 is 0 Å². The van der Waals surface area contributed by atoms with Crippen LogP contribution in [0.3, 0.4) is 0 Å². The Balaban J connectivity index is 3.12. The van der Waals surface area contributed by atoms with Gasteiger partial charge >= 0.3 is 6.36 Å². The Bertz CT molecular complexity index is 360. The molecule has 0 aromatic heterocycles. The van der Waals surface area contributed by atoms with Gasteiger partial charge in [-0.15, -0.1) is 13.2 Å². The molecule has 0 heterocycles. The highest BCUT2D eigenvalue weighted by Gasteiger charge is 2.32. The second kappa shape index (κ2) is 4.20. The van der Waals surface area contributed by atoms with Gasteiger partial charge in [-0.3, -0.25) is 4.79 Å². The van der Waals surface area contributed by atoms with Gasteiger partial charge in [0.2, 0.25) is 0 Å². The largest absolute Gasteiger partial charge is 0.573 e. The minimum absolute atomic E-state index is 0.0340. The lowest BCUT2D eigenvalue weighted by molar-refractivity contribution is -0.274. The first-order chi connectivity index (χ1) is 6.98. The molecule has 0 aliphatic heterocycles. The van der Waals surface area contributed by atoms with E-state index < -0.39 is 12.1 Å². The summed E-state index contributed by atoms with van der Waals surface area (Å²) in [6, 6.07) is 3.71. The Kier molecular flexibility index (Phi) is 3.18. The quantitative estimate of drug-likeness (QED) is 0.733. The molecule has 0 fully saturated rings. The van der Waals surface area contributed by atoms with Crippen molar-refractivity contribution >= 4 is 6.29 Å². The van der Waals surface area contributed by atoms with Crippen molar-refractivity contribution in [3.05, 3.63) is 23.8 Å². The number of carbonyl (C=O) groups is 1. The Morgan fingerprint density at radius 3 is 2.33 bits per heavy atom. The van der Waals surface area contributed by atoms with Gasteiger partial charge in [-0.25, -0.2) is 0 Å². The van der Waals surface area contributed by atoms with Gasteiger partial charge in [0, 0.05) is 0 Å². The van der Waals surface area contributed by atoms with Gasteiger partial charge in [-0.2, -0.15) is 0 Å². The van der Waals surface area contributed by atoms with E-state index in [0.29, 0.717) is 0 Å². The molecule has 0 radical (unpaired) electrons. The van der Waals surface area contributed by atoms with E-state index in [4.69, 9.17) is 4.74 Å². The molecule has 0 saturated carbocycles. The fourth-order valence-electron chi connectivity index (χ4n) is 1.03. The molecule has 1 rings (SSSR count). The highest BCUT2D eigenvalue weighted by Crippen LogP contribution is 2.30. The van der Waals surface area contributed by atoms with Crippen LogP contribution in [-0.2, 0) is 0 Å². The van der Waals surface area contributed by atoms with Gasteiger partial charge in [0.1, 0.15) is 11.5 Å². The van der Waals surface area contributed by atoms with E-state index in [0.717, 1.165) is 6.07 Å². The van der Waals surface area contributed by atoms with E-state index in [1.54, 1.807) is 0 Å². The molecular formula is C9H7F3O3. The summed E-state index contributed by atoms with van der Waals surface area (Å²) in [6.45, 7) is 0. The lowest BCUT2D eigenvalue weighted by Crippen LogP contribution is -2.18. The maximum Gasteiger partial charge on any atom is 0.573 e. The Morgan fingerprint density at radius 1 is 1.27 bits per heavy atom. The number of carbonyl (C=O) groups excluding carboxylic acids is 1. The SMILES string of the molecule is COc1cccc(OC(F)(F)F)c1C=O. The van der Waals surface area contributed by atoms with E-state index in [9.17, 15) is 18.0 Å². The van der Waals surface area contributed by atoms with Crippen LogP contribution in [0.2, 0.25) is 0 Å². The molecule has 0 amide bonds. The molecule has 0 bridgehead atoms. The molecule has 1 aromatic rings. The lowest BCUT2D eigenvalue weighted by atomic mass is 10.2. The average molecular weight is 220 g/mol. The second-order valence-corrected chi connectivity index (χ2v) is 2.54. The Hall–Kier alpha value is -1.72. The number of ether oxygens (including phenoxy) is 2. The smallest absolute Gasteiger partial charge is 0.496 e. The Morgan fingerprint density at radius 2 is 1.87 bits per heavy atom. The van der Waals surface area contributed by atoms with Crippen LogP contribution in [-0.4, -0.2) is 19.8 Å². The van der Waals surface area contributed by atoms with Crippen LogP contribution in [0.5, 0.6) is 11.5 Å². The summed E-state index contributed by atoms with van der Waals surface area (Å²) in [5.41, 5.74) is -0.266. The maximum absolute atomic E-state index is 11.9. The molecule has 1 aromatic carbocycles. The average Bonchev–Trinajstić information content (AvgIpc) is 2.15. The van der Waals surface area contributed by atoms with Crippen molar-refractivity contribution in [2.75, 3.05) is 7.11 Å². The van der Waals surface area contributed by atoms with Crippen molar-refractivity contribution in [3.8, 4) is 11.5 Å². The van der Waals surface area contributed by atoms with Gasteiger partial charge in [0.15, 0.2) is 6.29 Å². The summed E-state index contributed by atoms with van der Waals surface area (Å²) in [5.74, 6) is -0.538. The van der Waals surface area contributed by atoms with E-state index in [1.807, 2.05) is 0 Å². The molecule has 3 nitrogen and oxygen atoms in total. The van der Waals surface area contributed by atoms with Crippen molar-refractivity contribution in [3.63, 3.8) is 0 Å². The van der Waals surface area contributed by atoms with Crippen LogP contribution in [0.4, 0.5) is 13.2 Å². The monoisotopic (exact) mass is 220 g/mol. The van der Waals surface area contributed by atoms with Crippen molar-refractivity contribution in [2.24, 2.45) is 0 Å². The van der Waals surface area contributed by atoms with Crippen LogP contribution in [0.1, 0.15) is 10.4 Å². The molecule has 0 saturated heterocycles. The van der Waals surface area contributed by atoms with Crippen molar-refractivity contribution < 1.29 is 27.4 Å². The third-order valence-electron chi connectivity index (χ3n) is 1.59. The zero-order valence-corrected chi connectivity index (χ0v) is 7.67.